The Labute approximate surface area is 113 Å². The highest BCUT2D eigenvalue weighted by Crippen LogP contribution is 2.25. The van der Waals surface area contributed by atoms with E-state index >= 15 is 0 Å². The van der Waals surface area contributed by atoms with Crippen LogP contribution in [0.5, 0.6) is 0 Å². The second kappa shape index (κ2) is 5.36. The van der Waals surface area contributed by atoms with E-state index in [-0.39, 0.29) is 0 Å². The molecule has 0 saturated carbocycles. The van der Waals surface area contributed by atoms with Crippen molar-refractivity contribution < 1.29 is 0 Å². The van der Waals surface area contributed by atoms with Crippen LogP contribution in [0.25, 0.3) is 0 Å². The van der Waals surface area contributed by atoms with Gasteiger partial charge >= 0.3 is 0 Å². The summed E-state index contributed by atoms with van der Waals surface area (Å²) in [6.07, 6.45) is 3.42. The lowest BCUT2D eigenvalue weighted by atomic mass is 10.0. The topological polar surface area (TPSA) is 32.3 Å². The molecular weight excluding hydrogens is 236 g/mol. The van der Waals surface area contributed by atoms with E-state index in [0.717, 1.165) is 25.5 Å². The lowest BCUT2D eigenvalue weighted by Gasteiger charge is -2.40. The van der Waals surface area contributed by atoms with Crippen LogP contribution in [-0.2, 0) is 0 Å². The Hall–Kier alpha value is -1.94. The number of likely N-dealkylation sites (N-methyl/N-ethyl adjacent to an activating group) is 1. The van der Waals surface area contributed by atoms with Gasteiger partial charge in [0.15, 0.2) is 0 Å². The van der Waals surface area contributed by atoms with Crippen LogP contribution in [0.3, 0.4) is 0 Å². The fourth-order valence-electron chi connectivity index (χ4n) is 2.59. The second-order valence-corrected chi connectivity index (χ2v) is 4.92. The number of anilines is 1. The quantitative estimate of drug-likeness (QED) is 0.820. The molecule has 0 aliphatic carbocycles. The summed E-state index contributed by atoms with van der Waals surface area (Å²) in [5, 5.41) is 0. The van der Waals surface area contributed by atoms with Crippen LogP contribution < -0.4 is 4.90 Å². The molecule has 19 heavy (non-hydrogen) atoms. The normalized spacial score (nSPS) is 20.5. The van der Waals surface area contributed by atoms with Gasteiger partial charge in [0.2, 0.25) is 0 Å². The number of hydrogen-bond donors (Lipinski definition) is 0. The summed E-state index contributed by atoms with van der Waals surface area (Å²) in [6, 6.07) is 13.1. The van der Waals surface area contributed by atoms with Crippen LogP contribution in [0.4, 0.5) is 5.82 Å². The van der Waals surface area contributed by atoms with Gasteiger partial charge in [-0.1, -0.05) is 30.3 Å². The predicted molar refractivity (Wildman–Crippen MR) is 76.1 cm³/mol. The third kappa shape index (κ3) is 2.58. The van der Waals surface area contributed by atoms with E-state index in [1.165, 1.54) is 5.56 Å². The fourth-order valence-corrected chi connectivity index (χ4v) is 2.59. The highest BCUT2D eigenvalue weighted by atomic mass is 15.3. The summed E-state index contributed by atoms with van der Waals surface area (Å²) in [4.78, 5) is 13.1. The summed E-state index contributed by atoms with van der Waals surface area (Å²) in [5.74, 6) is 1.02. The van der Waals surface area contributed by atoms with E-state index in [0.29, 0.717) is 6.04 Å². The molecule has 0 amide bonds. The third-order valence-electron chi connectivity index (χ3n) is 3.72. The lowest BCUT2D eigenvalue weighted by molar-refractivity contribution is 0.220. The van der Waals surface area contributed by atoms with Crippen molar-refractivity contribution in [2.24, 2.45) is 0 Å². The first-order chi connectivity index (χ1) is 9.34. The van der Waals surface area contributed by atoms with Crippen LogP contribution in [0.15, 0.2) is 48.9 Å². The average Bonchev–Trinajstić information content (AvgIpc) is 2.49. The smallest absolute Gasteiger partial charge is 0.132 e. The largest absolute Gasteiger partial charge is 0.353 e. The summed E-state index contributed by atoms with van der Waals surface area (Å²) in [7, 11) is 2.19. The molecule has 0 bridgehead atoms. The number of benzene rings is 1. The van der Waals surface area contributed by atoms with E-state index in [2.05, 4.69) is 57.1 Å². The van der Waals surface area contributed by atoms with Crippen LogP contribution in [0.2, 0.25) is 0 Å². The second-order valence-electron chi connectivity index (χ2n) is 4.92. The van der Waals surface area contributed by atoms with E-state index in [1.807, 2.05) is 6.07 Å². The van der Waals surface area contributed by atoms with Crippen molar-refractivity contribution in [2.45, 2.75) is 6.04 Å². The monoisotopic (exact) mass is 254 g/mol. The van der Waals surface area contributed by atoms with Gasteiger partial charge in [-0.2, -0.15) is 0 Å². The molecule has 0 unspecified atom stereocenters. The maximum atomic E-state index is 4.35. The molecule has 1 saturated heterocycles. The van der Waals surface area contributed by atoms with Gasteiger partial charge in [-0.15, -0.1) is 0 Å². The Morgan fingerprint density at radius 1 is 1.11 bits per heavy atom. The Balaban J connectivity index is 1.82. The van der Waals surface area contributed by atoms with Crippen molar-refractivity contribution in [3.8, 4) is 0 Å². The molecule has 3 rings (SSSR count). The summed E-state index contributed by atoms with van der Waals surface area (Å²) < 4.78 is 0. The Kier molecular flexibility index (Phi) is 3.42. The third-order valence-corrected chi connectivity index (χ3v) is 3.72. The Morgan fingerprint density at radius 3 is 2.68 bits per heavy atom. The van der Waals surface area contributed by atoms with Gasteiger partial charge in [-0.3, -0.25) is 4.90 Å². The fraction of sp³-hybridized carbons (Fsp3) is 0.333. The van der Waals surface area contributed by atoms with Crippen LogP contribution in [-0.4, -0.2) is 41.5 Å². The van der Waals surface area contributed by atoms with Crippen LogP contribution in [0, 0.1) is 0 Å². The van der Waals surface area contributed by atoms with Crippen molar-refractivity contribution in [3.63, 3.8) is 0 Å². The predicted octanol–water partition coefficient (Wildman–Crippen LogP) is 1.97. The van der Waals surface area contributed by atoms with E-state index in [1.54, 1.807) is 12.5 Å². The zero-order valence-electron chi connectivity index (χ0n) is 11.1. The van der Waals surface area contributed by atoms with Crippen LogP contribution in [0.1, 0.15) is 11.6 Å². The highest BCUT2D eigenvalue weighted by molar-refractivity contribution is 5.38. The molecule has 2 aromatic rings. The minimum Gasteiger partial charge on any atom is -0.353 e. The van der Waals surface area contributed by atoms with Gasteiger partial charge in [0.1, 0.15) is 12.1 Å². The molecule has 4 heteroatoms. The standard InChI is InChI=1S/C15H18N4/c1-18-9-10-19(15-7-8-16-12-17-15)11-14(18)13-5-3-2-4-6-13/h2-8,12,14H,9-11H2,1H3/t14-/m0/s1. The maximum absolute atomic E-state index is 4.35. The molecule has 1 aromatic carbocycles. The molecule has 1 atom stereocenters. The number of aromatic nitrogens is 2. The lowest BCUT2D eigenvalue weighted by Crippen LogP contribution is -2.47. The molecule has 1 aliphatic rings. The number of hydrogen-bond acceptors (Lipinski definition) is 4. The van der Waals surface area contributed by atoms with Crippen molar-refractivity contribution in [1.29, 1.82) is 0 Å². The molecule has 1 fully saturated rings. The average molecular weight is 254 g/mol. The first-order valence-electron chi connectivity index (χ1n) is 6.61. The molecule has 1 aliphatic heterocycles. The number of piperazine rings is 1. The van der Waals surface area contributed by atoms with Gasteiger partial charge < -0.3 is 4.90 Å². The van der Waals surface area contributed by atoms with E-state index < -0.39 is 0 Å². The number of rotatable bonds is 2. The minimum absolute atomic E-state index is 0.421. The van der Waals surface area contributed by atoms with Gasteiger partial charge in [0.25, 0.3) is 0 Å². The summed E-state index contributed by atoms with van der Waals surface area (Å²) in [5.41, 5.74) is 1.36. The van der Waals surface area contributed by atoms with E-state index in [9.17, 15) is 0 Å². The molecule has 0 N–H and O–H groups in total. The van der Waals surface area contributed by atoms with Gasteiger partial charge in [0, 0.05) is 25.8 Å². The minimum atomic E-state index is 0.421. The summed E-state index contributed by atoms with van der Waals surface area (Å²) in [6.45, 7) is 3.03. The molecule has 2 heterocycles. The van der Waals surface area contributed by atoms with Crippen molar-refractivity contribution in [2.75, 3.05) is 31.6 Å². The van der Waals surface area contributed by atoms with Crippen LogP contribution >= 0.6 is 0 Å². The highest BCUT2D eigenvalue weighted by Gasteiger charge is 2.26. The van der Waals surface area contributed by atoms with Gasteiger partial charge in [-0.25, -0.2) is 9.97 Å². The first-order valence-corrected chi connectivity index (χ1v) is 6.61. The number of nitrogens with zero attached hydrogens (tertiary/aromatic N) is 4. The molecule has 98 valence electrons. The zero-order valence-corrected chi connectivity index (χ0v) is 11.1. The SMILES string of the molecule is CN1CCN(c2ccncn2)C[C@H]1c1ccccc1. The van der Waals surface area contributed by atoms with Gasteiger partial charge in [-0.05, 0) is 18.7 Å². The van der Waals surface area contributed by atoms with Crippen molar-refractivity contribution in [1.82, 2.24) is 14.9 Å². The molecular formula is C15H18N4. The first kappa shape index (κ1) is 12.1. The molecule has 0 spiro atoms. The Bertz CT molecular complexity index is 514. The van der Waals surface area contributed by atoms with Crippen molar-refractivity contribution in [3.05, 3.63) is 54.5 Å². The molecule has 4 nitrogen and oxygen atoms in total. The Morgan fingerprint density at radius 2 is 1.95 bits per heavy atom. The zero-order chi connectivity index (χ0) is 13.1. The summed E-state index contributed by atoms with van der Waals surface area (Å²) >= 11 is 0. The van der Waals surface area contributed by atoms with Gasteiger partial charge in [0.05, 0.1) is 6.04 Å². The maximum Gasteiger partial charge on any atom is 0.132 e. The molecule has 1 aromatic heterocycles. The molecule has 0 radical (unpaired) electrons. The van der Waals surface area contributed by atoms with Crippen molar-refractivity contribution >= 4 is 5.82 Å². The van der Waals surface area contributed by atoms with E-state index in [4.69, 9.17) is 0 Å².